The van der Waals surface area contributed by atoms with E-state index in [4.69, 9.17) is 4.52 Å². The molecule has 1 saturated heterocycles. The molecular weight excluding hydrogens is 318 g/mol. The topological polar surface area (TPSA) is 98.8 Å². The number of carbonyl (C=O) groups excluding carboxylic acids is 1. The maximum Gasteiger partial charge on any atom is 0.273 e. The SMILES string of the molecule is CCS(O)(O)N1CCC(NC(=O)c2cc(C3CC3)on2)C[C@@H]1C. The molecule has 1 aromatic heterocycles. The Balaban J connectivity index is 1.55. The molecule has 3 rings (SSSR count). The molecule has 8 heteroatoms. The summed E-state index contributed by atoms with van der Waals surface area (Å²) in [7, 11) is -2.68. The van der Waals surface area contributed by atoms with E-state index in [1.807, 2.05) is 6.92 Å². The van der Waals surface area contributed by atoms with E-state index in [1.54, 1.807) is 17.3 Å². The van der Waals surface area contributed by atoms with Crippen molar-refractivity contribution in [3.05, 3.63) is 17.5 Å². The van der Waals surface area contributed by atoms with Crippen molar-refractivity contribution >= 4 is 16.7 Å². The first kappa shape index (κ1) is 16.8. The standard InChI is InChI=1S/C15H25N3O4S/c1-3-23(20,21)18-7-6-12(8-10(18)2)16-15(19)13-9-14(22-17-13)11-4-5-11/h9-12,20-21H,3-8H2,1-2H3,(H,16,19)/t10-,12?/m0/s1. The molecule has 0 spiro atoms. The van der Waals surface area contributed by atoms with Crippen molar-refractivity contribution in [2.45, 2.75) is 57.5 Å². The summed E-state index contributed by atoms with van der Waals surface area (Å²) in [6.45, 7) is 4.30. The van der Waals surface area contributed by atoms with Crippen molar-refractivity contribution < 1.29 is 18.4 Å². The highest BCUT2D eigenvalue weighted by Gasteiger charge is 2.34. The highest BCUT2D eigenvalue weighted by atomic mass is 32.3. The number of piperidine rings is 1. The normalized spacial score (nSPS) is 27.0. The van der Waals surface area contributed by atoms with Crippen molar-refractivity contribution in [1.29, 1.82) is 0 Å². The van der Waals surface area contributed by atoms with Gasteiger partial charge in [-0.3, -0.25) is 13.9 Å². The summed E-state index contributed by atoms with van der Waals surface area (Å²) >= 11 is 0. The Bertz CT molecular complexity index is 573. The van der Waals surface area contributed by atoms with Crippen LogP contribution in [-0.2, 0) is 0 Å². The minimum absolute atomic E-state index is 0.0123. The van der Waals surface area contributed by atoms with Crippen LogP contribution in [0.15, 0.2) is 10.6 Å². The van der Waals surface area contributed by atoms with Crippen LogP contribution in [0, 0.1) is 0 Å². The first-order valence-corrected chi connectivity index (χ1v) is 9.88. The van der Waals surface area contributed by atoms with Gasteiger partial charge in [-0.2, -0.15) is 0 Å². The molecule has 2 aliphatic rings. The Morgan fingerprint density at radius 1 is 1.48 bits per heavy atom. The molecule has 1 amide bonds. The average molecular weight is 343 g/mol. The summed E-state index contributed by atoms with van der Waals surface area (Å²) in [5.74, 6) is 1.35. The zero-order valence-electron chi connectivity index (χ0n) is 13.6. The maximum absolute atomic E-state index is 12.3. The van der Waals surface area contributed by atoms with E-state index in [2.05, 4.69) is 10.5 Å². The van der Waals surface area contributed by atoms with Gasteiger partial charge in [-0.25, -0.2) is 4.31 Å². The highest BCUT2D eigenvalue weighted by Crippen LogP contribution is 2.46. The zero-order valence-corrected chi connectivity index (χ0v) is 14.4. The van der Waals surface area contributed by atoms with E-state index >= 15 is 0 Å². The van der Waals surface area contributed by atoms with Crippen LogP contribution in [0.3, 0.4) is 0 Å². The summed E-state index contributed by atoms with van der Waals surface area (Å²) < 4.78 is 27.1. The van der Waals surface area contributed by atoms with Crippen LogP contribution >= 0.6 is 10.8 Å². The molecule has 2 atom stereocenters. The molecule has 0 bridgehead atoms. The molecule has 1 unspecified atom stereocenters. The Kier molecular flexibility index (Phi) is 4.68. The molecule has 1 aliphatic heterocycles. The molecule has 7 nitrogen and oxygen atoms in total. The number of amides is 1. The number of rotatable bonds is 5. The lowest BCUT2D eigenvalue weighted by molar-refractivity contribution is 0.0903. The largest absolute Gasteiger partial charge is 0.360 e. The lowest BCUT2D eigenvalue weighted by Gasteiger charge is -2.49. The van der Waals surface area contributed by atoms with E-state index in [0.717, 1.165) is 18.6 Å². The molecular formula is C15H25N3O4S. The minimum Gasteiger partial charge on any atom is -0.360 e. The van der Waals surface area contributed by atoms with Crippen LogP contribution < -0.4 is 5.32 Å². The molecule has 0 radical (unpaired) electrons. The number of hydrogen-bond acceptors (Lipinski definition) is 6. The predicted octanol–water partition coefficient (Wildman–Crippen LogP) is 2.82. The summed E-state index contributed by atoms with van der Waals surface area (Å²) in [6.07, 6.45) is 3.60. The second-order valence-corrected chi connectivity index (χ2v) is 8.81. The van der Waals surface area contributed by atoms with Crippen molar-refractivity contribution in [2.75, 3.05) is 12.3 Å². The quantitative estimate of drug-likeness (QED) is 0.760. The second kappa shape index (κ2) is 6.43. The first-order chi connectivity index (χ1) is 10.9. The van der Waals surface area contributed by atoms with Crippen molar-refractivity contribution in [3.8, 4) is 0 Å². The Hall–Kier alpha value is -1.09. The Morgan fingerprint density at radius 2 is 2.22 bits per heavy atom. The van der Waals surface area contributed by atoms with Gasteiger partial charge in [-0.05, 0) is 39.5 Å². The second-order valence-electron chi connectivity index (χ2n) is 6.49. The van der Waals surface area contributed by atoms with E-state index in [0.29, 0.717) is 36.8 Å². The molecule has 1 aromatic rings. The van der Waals surface area contributed by atoms with Gasteiger partial charge in [-0.1, -0.05) is 5.16 Å². The van der Waals surface area contributed by atoms with Gasteiger partial charge in [0.15, 0.2) is 5.69 Å². The summed E-state index contributed by atoms with van der Waals surface area (Å²) in [6, 6.07) is 1.76. The zero-order chi connectivity index (χ0) is 16.6. The molecule has 0 aromatic carbocycles. The van der Waals surface area contributed by atoms with Crippen LogP contribution in [0.1, 0.15) is 61.7 Å². The molecule has 2 fully saturated rings. The Morgan fingerprint density at radius 3 is 2.83 bits per heavy atom. The highest BCUT2D eigenvalue weighted by molar-refractivity contribution is 8.22. The third kappa shape index (κ3) is 3.71. The molecule has 23 heavy (non-hydrogen) atoms. The fourth-order valence-corrected chi connectivity index (χ4v) is 4.49. The third-order valence-corrected chi connectivity index (χ3v) is 6.72. The van der Waals surface area contributed by atoms with E-state index in [1.165, 1.54) is 0 Å². The monoisotopic (exact) mass is 343 g/mol. The van der Waals surface area contributed by atoms with Gasteiger partial charge >= 0.3 is 0 Å². The van der Waals surface area contributed by atoms with E-state index < -0.39 is 10.8 Å². The smallest absolute Gasteiger partial charge is 0.273 e. The van der Waals surface area contributed by atoms with Crippen LogP contribution in [0.4, 0.5) is 0 Å². The van der Waals surface area contributed by atoms with E-state index in [9.17, 15) is 13.9 Å². The lowest BCUT2D eigenvalue weighted by Crippen LogP contribution is -2.49. The van der Waals surface area contributed by atoms with Crippen molar-refractivity contribution in [1.82, 2.24) is 14.8 Å². The van der Waals surface area contributed by atoms with Crippen LogP contribution in [0.5, 0.6) is 0 Å². The van der Waals surface area contributed by atoms with Crippen LogP contribution in [0.25, 0.3) is 0 Å². The minimum atomic E-state index is -2.68. The summed E-state index contributed by atoms with van der Waals surface area (Å²) in [5.41, 5.74) is 0.333. The summed E-state index contributed by atoms with van der Waals surface area (Å²) in [4.78, 5) is 12.3. The number of aromatic nitrogens is 1. The summed E-state index contributed by atoms with van der Waals surface area (Å²) in [5, 5.41) is 6.84. The van der Waals surface area contributed by atoms with Gasteiger partial charge in [0.25, 0.3) is 5.91 Å². The number of hydrogen-bond donors (Lipinski definition) is 3. The van der Waals surface area contributed by atoms with Gasteiger partial charge in [0.05, 0.1) is 5.75 Å². The molecule has 2 heterocycles. The number of nitrogens with zero attached hydrogens (tertiary/aromatic N) is 2. The van der Waals surface area contributed by atoms with Gasteiger partial charge in [0, 0.05) is 30.6 Å². The molecule has 1 aliphatic carbocycles. The third-order valence-electron chi connectivity index (χ3n) is 4.65. The van der Waals surface area contributed by atoms with Gasteiger partial charge < -0.3 is 9.84 Å². The number of nitrogens with one attached hydrogen (secondary N) is 1. The van der Waals surface area contributed by atoms with Crippen molar-refractivity contribution in [2.24, 2.45) is 0 Å². The predicted molar refractivity (Wildman–Crippen MR) is 88.5 cm³/mol. The average Bonchev–Trinajstić information content (AvgIpc) is 3.24. The van der Waals surface area contributed by atoms with Crippen LogP contribution in [-0.4, -0.2) is 48.9 Å². The lowest BCUT2D eigenvalue weighted by atomic mass is 10.0. The molecule has 1 saturated carbocycles. The Labute approximate surface area is 137 Å². The van der Waals surface area contributed by atoms with Gasteiger partial charge in [0.2, 0.25) is 0 Å². The van der Waals surface area contributed by atoms with Gasteiger partial charge in [-0.15, -0.1) is 10.8 Å². The number of carbonyl (C=O) groups is 1. The van der Waals surface area contributed by atoms with Crippen molar-refractivity contribution in [3.63, 3.8) is 0 Å². The maximum atomic E-state index is 12.3. The van der Waals surface area contributed by atoms with Crippen LogP contribution in [0.2, 0.25) is 0 Å². The fourth-order valence-electron chi connectivity index (χ4n) is 3.10. The molecule has 3 N–H and O–H groups in total. The first-order valence-electron chi connectivity index (χ1n) is 8.21. The fraction of sp³-hybridized carbons (Fsp3) is 0.733. The van der Waals surface area contributed by atoms with E-state index in [-0.39, 0.29) is 18.0 Å². The molecule has 130 valence electrons. The van der Waals surface area contributed by atoms with Gasteiger partial charge in [0.1, 0.15) is 5.76 Å².